The van der Waals surface area contributed by atoms with E-state index in [4.69, 9.17) is 10.8 Å². The fraction of sp³-hybridized carbons (Fsp3) is 0.133. The van der Waals surface area contributed by atoms with Gasteiger partial charge < -0.3 is 9.67 Å². The van der Waals surface area contributed by atoms with E-state index in [1.54, 1.807) is 0 Å². The maximum Gasteiger partial charge on any atom is 0.341 e. The van der Waals surface area contributed by atoms with Crippen molar-refractivity contribution in [2.75, 3.05) is 0 Å². The van der Waals surface area contributed by atoms with Crippen LogP contribution in [0.15, 0.2) is 40.0 Å². The fourth-order valence-corrected chi connectivity index (χ4v) is 2.48. The maximum absolute atomic E-state index is 14.2. The van der Waals surface area contributed by atoms with Gasteiger partial charge in [0.2, 0.25) is 11.2 Å². The van der Waals surface area contributed by atoms with Gasteiger partial charge in [0.25, 0.3) is 0 Å². The average Bonchev–Trinajstić information content (AvgIpc) is 2.49. The Bertz CT molecular complexity index is 1030. The topological polar surface area (TPSA) is 97.7 Å². The van der Waals surface area contributed by atoms with Gasteiger partial charge in [0.05, 0.1) is 11.7 Å². The molecule has 1 aliphatic heterocycles. The number of nitrogens with zero attached hydrogens (tertiary/aromatic N) is 2. The molecule has 2 heterocycles. The molecule has 0 spiro atoms. The van der Waals surface area contributed by atoms with Crippen LogP contribution in [0.5, 0.6) is 0 Å². The van der Waals surface area contributed by atoms with Crippen LogP contribution in [-0.4, -0.2) is 27.7 Å². The number of rotatable bonds is 2. The third kappa shape index (κ3) is 2.80. The normalized spacial score (nSPS) is 22.9. The molecule has 0 saturated carbocycles. The predicted octanol–water partition coefficient (Wildman–Crippen LogP) is 2.04. The summed E-state index contributed by atoms with van der Waals surface area (Å²) < 4.78 is 55.6. The van der Waals surface area contributed by atoms with E-state index in [1.807, 2.05) is 0 Å². The molecule has 0 saturated heterocycles. The Kier molecular flexibility index (Phi) is 3.72. The van der Waals surface area contributed by atoms with Gasteiger partial charge in [-0.2, -0.15) is 0 Å². The van der Waals surface area contributed by atoms with Gasteiger partial charge in [-0.25, -0.2) is 22.4 Å². The summed E-state index contributed by atoms with van der Waals surface area (Å²) in [4.78, 5) is 26.9. The SMILES string of the molecule is NC1(F)C=NC(n2cc(C(=O)O)c(=O)c3cc(F)c(F)cc32)C(F)=C1. The van der Waals surface area contributed by atoms with E-state index in [1.165, 1.54) is 0 Å². The number of aromatic carboxylic acids is 1. The third-order valence-corrected chi connectivity index (χ3v) is 3.59. The monoisotopic (exact) mass is 355 g/mol. The van der Waals surface area contributed by atoms with Crippen molar-refractivity contribution < 1.29 is 27.5 Å². The zero-order valence-electron chi connectivity index (χ0n) is 12.2. The Morgan fingerprint density at radius 1 is 1.28 bits per heavy atom. The number of hydrogen-bond acceptors (Lipinski definition) is 4. The summed E-state index contributed by atoms with van der Waals surface area (Å²) in [6.45, 7) is 0. The molecule has 2 unspecified atom stereocenters. The zero-order valence-corrected chi connectivity index (χ0v) is 12.2. The number of carboxylic acids is 1. The lowest BCUT2D eigenvalue weighted by molar-refractivity contribution is 0.0694. The Balaban J connectivity index is 2.37. The van der Waals surface area contributed by atoms with Crippen LogP contribution in [0.2, 0.25) is 0 Å². The molecule has 2 atom stereocenters. The standard InChI is InChI=1S/C15H9F4N3O3/c16-8-1-6-11(2-9(8)17)22(4-7(12(6)23)14(24)25)13-10(18)3-15(19,20)5-21-13/h1-5,13H,20H2,(H,24,25). The summed E-state index contributed by atoms with van der Waals surface area (Å²) in [6, 6.07) is 1.10. The molecule has 130 valence electrons. The number of aliphatic imine (C=N–C) groups is 1. The van der Waals surface area contributed by atoms with Crippen molar-refractivity contribution in [3.8, 4) is 0 Å². The maximum atomic E-state index is 14.2. The summed E-state index contributed by atoms with van der Waals surface area (Å²) >= 11 is 0. The lowest BCUT2D eigenvalue weighted by atomic mass is 10.1. The molecule has 0 bridgehead atoms. The van der Waals surface area contributed by atoms with Gasteiger partial charge in [-0.05, 0) is 6.07 Å². The van der Waals surface area contributed by atoms with Crippen LogP contribution in [0.1, 0.15) is 16.5 Å². The molecule has 1 aromatic heterocycles. The van der Waals surface area contributed by atoms with Crippen molar-refractivity contribution in [2.45, 2.75) is 12.0 Å². The molecule has 0 radical (unpaired) electrons. The van der Waals surface area contributed by atoms with E-state index in [-0.39, 0.29) is 5.52 Å². The molecule has 10 heteroatoms. The lowest BCUT2D eigenvalue weighted by Gasteiger charge is -2.24. The van der Waals surface area contributed by atoms with Crippen molar-refractivity contribution in [2.24, 2.45) is 10.7 Å². The van der Waals surface area contributed by atoms with Gasteiger partial charge in [0, 0.05) is 23.7 Å². The van der Waals surface area contributed by atoms with Crippen molar-refractivity contribution in [3.05, 3.63) is 57.7 Å². The number of hydrogen-bond donors (Lipinski definition) is 2. The number of pyridine rings is 1. The Morgan fingerprint density at radius 3 is 2.52 bits per heavy atom. The van der Waals surface area contributed by atoms with Gasteiger partial charge >= 0.3 is 5.97 Å². The molecule has 0 amide bonds. The molecule has 3 rings (SSSR count). The minimum Gasteiger partial charge on any atom is -0.477 e. The number of dihydropyridines is 1. The van der Waals surface area contributed by atoms with Crippen LogP contribution in [0.25, 0.3) is 10.9 Å². The minimum absolute atomic E-state index is 0.317. The van der Waals surface area contributed by atoms with Crippen molar-refractivity contribution >= 4 is 23.1 Å². The Labute approximate surface area is 136 Å². The lowest BCUT2D eigenvalue weighted by Crippen LogP contribution is -2.37. The first-order valence-corrected chi connectivity index (χ1v) is 6.78. The number of fused-ring (bicyclic) bond motifs is 1. The number of nitrogens with two attached hydrogens (primary N) is 1. The molecule has 0 fully saturated rings. The number of alkyl halides is 1. The molecular weight excluding hydrogens is 346 g/mol. The molecule has 25 heavy (non-hydrogen) atoms. The molecule has 2 aromatic rings. The minimum atomic E-state index is -2.65. The predicted molar refractivity (Wildman–Crippen MR) is 79.8 cm³/mol. The van der Waals surface area contributed by atoms with Crippen molar-refractivity contribution in [1.29, 1.82) is 0 Å². The van der Waals surface area contributed by atoms with Gasteiger partial charge in [-0.15, -0.1) is 0 Å². The van der Waals surface area contributed by atoms with E-state index < -0.39 is 51.8 Å². The van der Waals surface area contributed by atoms with Crippen LogP contribution >= 0.6 is 0 Å². The van der Waals surface area contributed by atoms with Gasteiger partial charge in [-0.3, -0.25) is 15.5 Å². The number of carboxylic acid groups (broad SMARTS) is 1. The molecule has 6 nitrogen and oxygen atoms in total. The molecular formula is C15H9F4N3O3. The molecule has 1 aromatic carbocycles. The van der Waals surface area contributed by atoms with Gasteiger partial charge in [0.1, 0.15) is 11.4 Å². The van der Waals surface area contributed by atoms with E-state index in [0.29, 0.717) is 24.4 Å². The first kappa shape index (κ1) is 16.8. The summed E-state index contributed by atoms with van der Waals surface area (Å²) in [7, 11) is 0. The highest BCUT2D eigenvalue weighted by Gasteiger charge is 2.30. The molecule has 1 aliphatic rings. The Hall–Kier alpha value is -3.01. The molecule has 3 N–H and O–H groups in total. The largest absolute Gasteiger partial charge is 0.477 e. The second-order valence-electron chi connectivity index (χ2n) is 5.38. The Morgan fingerprint density at radius 2 is 1.92 bits per heavy atom. The first-order valence-electron chi connectivity index (χ1n) is 6.78. The summed E-state index contributed by atoms with van der Waals surface area (Å²) in [6.07, 6.45) is 0.0695. The third-order valence-electron chi connectivity index (χ3n) is 3.59. The van der Waals surface area contributed by atoms with E-state index in [9.17, 15) is 27.2 Å². The summed E-state index contributed by atoms with van der Waals surface area (Å²) in [5, 5.41) is 8.62. The number of benzene rings is 1. The second-order valence-corrected chi connectivity index (χ2v) is 5.38. The van der Waals surface area contributed by atoms with Gasteiger partial charge in [0.15, 0.2) is 17.8 Å². The highest BCUT2D eigenvalue weighted by atomic mass is 19.2. The highest BCUT2D eigenvalue weighted by Crippen LogP contribution is 2.30. The smallest absolute Gasteiger partial charge is 0.341 e. The van der Waals surface area contributed by atoms with E-state index >= 15 is 0 Å². The summed E-state index contributed by atoms with van der Waals surface area (Å²) in [5.74, 6) is -8.23. The second kappa shape index (κ2) is 5.52. The van der Waals surface area contributed by atoms with Crippen molar-refractivity contribution in [3.63, 3.8) is 0 Å². The van der Waals surface area contributed by atoms with E-state index in [0.717, 1.165) is 10.8 Å². The number of aromatic nitrogens is 1. The quantitative estimate of drug-likeness (QED) is 0.636. The number of carbonyl (C=O) groups is 1. The average molecular weight is 355 g/mol. The van der Waals surface area contributed by atoms with Crippen LogP contribution in [0.3, 0.4) is 0 Å². The summed E-state index contributed by atoms with van der Waals surface area (Å²) in [5.41, 5.74) is 2.86. The van der Waals surface area contributed by atoms with Gasteiger partial charge in [-0.1, -0.05) is 0 Å². The highest BCUT2D eigenvalue weighted by molar-refractivity contribution is 5.92. The van der Waals surface area contributed by atoms with E-state index in [2.05, 4.69) is 4.99 Å². The fourth-order valence-electron chi connectivity index (χ4n) is 2.48. The van der Waals surface area contributed by atoms with Crippen LogP contribution < -0.4 is 11.2 Å². The zero-order chi connectivity index (χ0) is 18.5. The van der Waals surface area contributed by atoms with Crippen LogP contribution in [0, 0.1) is 11.6 Å². The van der Waals surface area contributed by atoms with Crippen molar-refractivity contribution in [1.82, 2.24) is 4.57 Å². The molecule has 0 aliphatic carbocycles. The van der Waals surface area contributed by atoms with Crippen LogP contribution in [-0.2, 0) is 0 Å². The number of halogens is 4. The van der Waals surface area contributed by atoms with Crippen LogP contribution in [0.4, 0.5) is 17.6 Å². The first-order chi connectivity index (χ1) is 11.6.